The molecule has 1 aliphatic rings. The minimum absolute atomic E-state index is 0.0335. The summed E-state index contributed by atoms with van der Waals surface area (Å²) in [6, 6.07) is 3.94. The number of amides is 4. The number of Topliss-reactive ketones (excluding diaryl/α,β-unsaturated/α-hetero) is 1. The Morgan fingerprint density at radius 3 is 2.27 bits per heavy atom. The molecular formula is C45H68N6O10S. The van der Waals surface area contributed by atoms with Crippen molar-refractivity contribution in [3.8, 4) is 5.75 Å². The molecule has 62 heavy (non-hydrogen) atoms. The van der Waals surface area contributed by atoms with Crippen LogP contribution < -0.4 is 16.0 Å². The highest BCUT2D eigenvalue weighted by Gasteiger charge is 2.39. The summed E-state index contributed by atoms with van der Waals surface area (Å²) in [5.74, 6) is -3.87. The number of likely N-dealkylation sites (N-methyl/N-ethyl adjacent to an activating group) is 1. The number of phenolic OH excluding ortho intramolecular Hbond substituents is 1. The molecule has 1 aromatic heterocycles. The second-order valence-corrected chi connectivity index (χ2v) is 17.8. The number of thiazole rings is 1. The predicted octanol–water partition coefficient (Wildman–Crippen LogP) is 5.08. The molecule has 1 aliphatic heterocycles. The summed E-state index contributed by atoms with van der Waals surface area (Å²) in [7, 11) is 1.90. The molecule has 0 spiro atoms. The van der Waals surface area contributed by atoms with E-state index in [1.54, 1.807) is 24.4 Å². The van der Waals surface area contributed by atoms with Gasteiger partial charge in [-0.1, -0.05) is 66.5 Å². The number of phenols is 1. The van der Waals surface area contributed by atoms with Crippen molar-refractivity contribution in [1.82, 2.24) is 30.7 Å². The lowest BCUT2D eigenvalue weighted by Crippen LogP contribution is -2.59. The zero-order valence-electron chi connectivity index (χ0n) is 37.9. The lowest BCUT2D eigenvalue weighted by atomic mass is 9.92. The summed E-state index contributed by atoms with van der Waals surface area (Å²) >= 11 is 1.10. The number of nitrogens with zero attached hydrogens (tertiary/aromatic N) is 3. The van der Waals surface area contributed by atoms with E-state index in [0.29, 0.717) is 30.7 Å². The standard InChI is InChI=1S/C45H68N6O10S/c1-10-14-39(55)60-26-51(45(59)40(28(5)11-2)49-43(58)36-15-12-13-20-50(36)9)37(27(3)4)23-38(61-31(8)53)44-48-35(25-62-44)42(57)47-33(22-32-16-18-34(54)19-17-32)21-29(6)41(56)46-24-30(7)52/h16-19,25,27-29,33,36-38,40,54H,10-15,20-24,26H2,1-9H3,(H,46,56)(H,47,57)(H,49,58)/t28?,29-,33+,36+,37+,38+,40-/m0/s1. The number of aromatic hydroxyl groups is 1. The third kappa shape index (κ3) is 16.1. The van der Waals surface area contributed by atoms with E-state index in [1.807, 2.05) is 46.6 Å². The van der Waals surface area contributed by atoms with Gasteiger partial charge in [0.15, 0.2) is 12.8 Å². The van der Waals surface area contributed by atoms with Gasteiger partial charge in [-0.3, -0.25) is 38.5 Å². The van der Waals surface area contributed by atoms with Crippen LogP contribution in [0.15, 0.2) is 29.6 Å². The lowest BCUT2D eigenvalue weighted by Gasteiger charge is -2.39. The maximum absolute atomic E-state index is 14.8. The van der Waals surface area contributed by atoms with Gasteiger partial charge in [0.2, 0.25) is 17.7 Å². The fourth-order valence-electron chi connectivity index (χ4n) is 7.47. The first-order valence-corrected chi connectivity index (χ1v) is 22.7. The van der Waals surface area contributed by atoms with Gasteiger partial charge in [0.05, 0.1) is 12.6 Å². The zero-order chi connectivity index (χ0) is 46.1. The monoisotopic (exact) mass is 884 g/mol. The highest BCUT2D eigenvalue weighted by Crippen LogP contribution is 2.32. The summed E-state index contributed by atoms with van der Waals surface area (Å²) < 4.78 is 11.5. The van der Waals surface area contributed by atoms with Gasteiger partial charge in [0.1, 0.15) is 28.3 Å². The number of aromatic nitrogens is 1. The minimum Gasteiger partial charge on any atom is -0.508 e. The van der Waals surface area contributed by atoms with E-state index in [2.05, 4.69) is 20.9 Å². The SMILES string of the molecule is CCCC(=O)OCN(C(=O)[C@@H](NC(=O)[C@H]1CCCCN1C)C(C)CC)[C@H](C[C@@H](OC(C)=O)c1nc(C(=O)N[C@@H](Cc2ccc(O)cc2)C[C@H](C)C(=O)NCC(C)=O)cs1)C(C)C. The van der Waals surface area contributed by atoms with Crippen LogP contribution >= 0.6 is 11.3 Å². The number of rotatable bonds is 24. The number of benzene rings is 1. The second kappa shape index (κ2) is 25.3. The van der Waals surface area contributed by atoms with Crippen molar-refractivity contribution < 1.29 is 48.1 Å². The van der Waals surface area contributed by atoms with Crippen LogP contribution in [-0.4, -0.2) is 112 Å². The summed E-state index contributed by atoms with van der Waals surface area (Å²) in [5, 5.41) is 20.3. The van der Waals surface area contributed by atoms with Gasteiger partial charge in [0.25, 0.3) is 5.91 Å². The summed E-state index contributed by atoms with van der Waals surface area (Å²) in [6.07, 6.45) is 3.39. The van der Waals surface area contributed by atoms with Crippen LogP contribution in [0.1, 0.15) is 134 Å². The van der Waals surface area contributed by atoms with Gasteiger partial charge in [0, 0.05) is 43.1 Å². The molecule has 17 heteroatoms. The molecule has 2 heterocycles. The summed E-state index contributed by atoms with van der Waals surface area (Å²) in [6.45, 7) is 14.1. The van der Waals surface area contributed by atoms with Gasteiger partial charge in [-0.2, -0.15) is 0 Å². The predicted molar refractivity (Wildman–Crippen MR) is 235 cm³/mol. The lowest BCUT2D eigenvalue weighted by molar-refractivity contribution is -0.160. The molecule has 0 saturated carbocycles. The Hall–Kier alpha value is -4.90. The largest absolute Gasteiger partial charge is 0.508 e. The van der Waals surface area contributed by atoms with E-state index in [1.165, 1.54) is 30.9 Å². The van der Waals surface area contributed by atoms with Crippen molar-refractivity contribution in [2.75, 3.05) is 26.9 Å². The molecule has 0 radical (unpaired) electrons. The van der Waals surface area contributed by atoms with Crippen LogP contribution in [0.5, 0.6) is 5.75 Å². The number of ether oxygens (including phenoxy) is 2. The summed E-state index contributed by atoms with van der Waals surface area (Å²) in [4.78, 5) is 100. The Labute approximate surface area is 370 Å². The van der Waals surface area contributed by atoms with E-state index in [9.17, 15) is 38.7 Å². The Bertz CT molecular complexity index is 1820. The third-order valence-corrected chi connectivity index (χ3v) is 12.2. The van der Waals surface area contributed by atoms with E-state index < -0.39 is 60.6 Å². The van der Waals surface area contributed by atoms with E-state index in [4.69, 9.17) is 9.47 Å². The van der Waals surface area contributed by atoms with Crippen molar-refractivity contribution >= 4 is 52.7 Å². The van der Waals surface area contributed by atoms with Crippen LogP contribution in [0.2, 0.25) is 0 Å². The molecule has 4 N–H and O–H groups in total. The molecule has 7 atom stereocenters. The quantitative estimate of drug-likeness (QED) is 0.0803. The average Bonchev–Trinajstić information content (AvgIpc) is 3.72. The van der Waals surface area contributed by atoms with Gasteiger partial charge in [-0.25, -0.2) is 4.98 Å². The average molecular weight is 885 g/mol. The Kier molecular flexibility index (Phi) is 21.0. The van der Waals surface area contributed by atoms with Crippen LogP contribution in [-0.2, 0) is 44.7 Å². The Morgan fingerprint density at radius 1 is 0.984 bits per heavy atom. The molecule has 3 rings (SSSR count). The minimum atomic E-state index is -1.02. The highest BCUT2D eigenvalue weighted by molar-refractivity contribution is 7.09. The molecule has 0 bridgehead atoms. The second-order valence-electron chi connectivity index (χ2n) is 16.9. The highest BCUT2D eigenvalue weighted by atomic mass is 32.1. The smallest absolute Gasteiger partial charge is 0.307 e. The van der Waals surface area contributed by atoms with Crippen molar-refractivity contribution in [2.24, 2.45) is 17.8 Å². The van der Waals surface area contributed by atoms with Crippen molar-refractivity contribution in [1.29, 1.82) is 0 Å². The fourth-order valence-corrected chi connectivity index (χ4v) is 8.30. The number of likely N-dealkylation sites (tertiary alicyclic amines) is 1. The van der Waals surface area contributed by atoms with Crippen molar-refractivity contribution in [3.63, 3.8) is 0 Å². The maximum atomic E-state index is 14.8. The molecule has 2 aromatic rings. The first-order valence-electron chi connectivity index (χ1n) is 21.8. The molecule has 344 valence electrons. The normalized spacial score (nSPS) is 17.1. The number of nitrogens with one attached hydrogen (secondary N) is 3. The fraction of sp³-hybridized carbons (Fsp3) is 0.644. The van der Waals surface area contributed by atoms with Crippen LogP contribution in [0.25, 0.3) is 0 Å². The molecular weight excluding hydrogens is 817 g/mol. The number of hydrogen-bond acceptors (Lipinski definition) is 13. The van der Waals surface area contributed by atoms with E-state index in [0.717, 1.165) is 36.3 Å². The zero-order valence-corrected chi connectivity index (χ0v) is 38.7. The molecule has 1 saturated heterocycles. The molecule has 1 aromatic carbocycles. The first kappa shape index (κ1) is 51.5. The van der Waals surface area contributed by atoms with Gasteiger partial charge in [-0.15, -0.1) is 11.3 Å². The molecule has 1 fully saturated rings. The van der Waals surface area contributed by atoms with Crippen LogP contribution in [0.4, 0.5) is 0 Å². The van der Waals surface area contributed by atoms with Crippen LogP contribution in [0, 0.1) is 17.8 Å². The molecule has 4 amide bonds. The molecule has 1 unspecified atom stereocenters. The number of esters is 2. The number of carbonyl (C=O) groups excluding carboxylic acids is 7. The third-order valence-electron chi connectivity index (χ3n) is 11.3. The number of piperidine rings is 1. The number of carbonyl (C=O) groups is 7. The van der Waals surface area contributed by atoms with E-state index in [-0.39, 0.29) is 72.7 Å². The molecule has 16 nitrogen and oxygen atoms in total. The molecule has 0 aliphatic carbocycles. The van der Waals surface area contributed by atoms with Gasteiger partial charge in [-0.05, 0) is 82.2 Å². The van der Waals surface area contributed by atoms with Crippen LogP contribution in [0.3, 0.4) is 0 Å². The van der Waals surface area contributed by atoms with Gasteiger partial charge >= 0.3 is 11.9 Å². The first-order chi connectivity index (χ1) is 29.3. The van der Waals surface area contributed by atoms with Crippen molar-refractivity contribution in [3.05, 3.63) is 45.9 Å². The van der Waals surface area contributed by atoms with Gasteiger partial charge < -0.3 is 35.4 Å². The van der Waals surface area contributed by atoms with E-state index >= 15 is 0 Å². The Balaban J connectivity index is 1.95. The topological polar surface area (TPSA) is 214 Å². The summed E-state index contributed by atoms with van der Waals surface area (Å²) in [5.41, 5.74) is 0.843. The Morgan fingerprint density at radius 2 is 1.68 bits per heavy atom. The maximum Gasteiger partial charge on any atom is 0.307 e. The number of ketones is 1. The van der Waals surface area contributed by atoms with Crippen molar-refractivity contribution in [2.45, 2.75) is 143 Å². The number of hydrogen-bond donors (Lipinski definition) is 4.